The van der Waals surface area contributed by atoms with Gasteiger partial charge in [0.2, 0.25) is 6.79 Å². The van der Waals surface area contributed by atoms with Crippen LogP contribution in [0.3, 0.4) is 0 Å². The van der Waals surface area contributed by atoms with E-state index in [0.717, 1.165) is 0 Å². The average Bonchev–Trinajstić information content (AvgIpc) is 3.36. The molecular formula is C19H12BrN3O6. The van der Waals surface area contributed by atoms with Crippen LogP contribution in [-0.2, 0) is 0 Å². The monoisotopic (exact) mass is 457 g/mol. The summed E-state index contributed by atoms with van der Waals surface area (Å²) in [5, 5.41) is 14.7. The number of carbonyl (C=O) groups excluding carboxylic acids is 1. The molecule has 0 bridgehead atoms. The number of rotatable bonds is 5. The molecule has 0 spiro atoms. The van der Waals surface area contributed by atoms with Crippen molar-refractivity contribution >= 4 is 33.7 Å². The first-order chi connectivity index (χ1) is 14.0. The van der Waals surface area contributed by atoms with Gasteiger partial charge >= 0.3 is 0 Å². The third kappa shape index (κ3) is 3.97. The van der Waals surface area contributed by atoms with Gasteiger partial charge in [-0.25, -0.2) is 5.43 Å². The van der Waals surface area contributed by atoms with Gasteiger partial charge in [0.1, 0.15) is 11.5 Å². The fourth-order valence-corrected chi connectivity index (χ4v) is 3.20. The highest BCUT2D eigenvalue weighted by Gasteiger charge is 2.16. The van der Waals surface area contributed by atoms with Crippen molar-refractivity contribution in [1.29, 1.82) is 0 Å². The number of nitro benzene ring substituents is 1. The van der Waals surface area contributed by atoms with Crippen molar-refractivity contribution in [3.8, 4) is 22.8 Å². The quantitative estimate of drug-likeness (QED) is 0.350. The number of hydrogen-bond acceptors (Lipinski definition) is 7. The van der Waals surface area contributed by atoms with Crippen LogP contribution in [0.1, 0.15) is 16.1 Å². The largest absolute Gasteiger partial charge is 0.455 e. The number of benzene rings is 2. The zero-order valence-electron chi connectivity index (χ0n) is 14.6. The number of amides is 1. The second-order valence-electron chi connectivity index (χ2n) is 5.89. The van der Waals surface area contributed by atoms with E-state index in [4.69, 9.17) is 13.9 Å². The Morgan fingerprint density at radius 2 is 1.97 bits per heavy atom. The molecule has 0 atom stereocenters. The molecule has 10 heteroatoms. The molecule has 146 valence electrons. The molecule has 4 rings (SSSR count). The van der Waals surface area contributed by atoms with E-state index in [-0.39, 0.29) is 12.5 Å². The Hall–Kier alpha value is -3.66. The molecule has 1 N–H and O–H groups in total. The van der Waals surface area contributed by atoms with Crippen molar-refractivity contribution in [3.63, 3.8) is 0 Å². The summed E-state index contributed by atoms with van der Waals surface area (Å²) < 4.78 is 16.6. The highest BCUT2D eigenvalue weighted by atomic mass is 79.9. The molecule has 0 saturated heterocycles. The number of fused-ring (bicyclic) bond motifs is 1. The molecule has 0 saturated carbocycles. The summed E-state index contributed by atoms with van der Waals surface area (Å²) in [6, 6.07) is 12.6. The Labute approximate surface area is 172 Å². The summed E-state index contributed by atoms with van der Waals surface area (Å²) >= 11 is 3.31. The predicted octanol–water partition coefficient (Wildman–Crippen LogP) is 4.11. The molecule has 0 unspecified atom stereocenters. The summed E-state index contributed by atoms with van der Waals surface area (Å²) in [5.74, 6) is 1.58. The topological polar surface area (TPSA) is 116 Å². The molecular weight excluding hydrogens is 446 g/mol. The molecule has 29 heavy (non-hydrogen) atoms. The number of non-ortho nitro benzene ring substituents is 1. The minimum absolute atomic E-state index is 0.0276. The van der Waals surface area contributed by atoms with Crippen LogP contribution >= 0.6 is 15.9 Å². The van der Waals surface area contributed by atoms with E-state index >= 15 is 0 Å². The zero-order valence-corrected chi connectivity index (χ0v) is 16.2. The van der Waals surface area contributed by atoms with Gasteiger partial charge in [-0.15, -0.1) is 0 Å². The van der Waals surface area contributed by atoms with E-state index < -0.39 is 10.8 Å². The van der Waals surface area contributed by atoms with Gasteiger partial charge in [0.15, 0.2) is 11.5 Å². The van der Waals surface area contributed by atoms with E-state index in [1.807, 2.05) is 0 Å². The minimum Gasteiger partial charge on any atom is -0.455 e. The molecule has 1 aliphatic rings. The van der Waals surface area contributed by atoms with Gasteiger partial charge in [0.05, 0.1) is 11.1 Å². The first-order valence-corrected chi connectivity index (χ1v) is 9.08. The molecule has 0 fully saturated rings. The summed E-state index contributed by atoms with van der Waals surface area (Å²) in [6.45, 7) is 0.129. The van der Waals surface area contributed by atoms with E-state index in [2.05, 4.69) is 26.5 Å². The summed E-state index contributed by atoms with van der Waals surface area (Å²) in [4.78, 5) is 22.5. The van der Waals surface area contributed by atoms with Crippen LogP contribution in [0.2, 0.25) is 0 Å². The highest BCUT2D eigenvalue weighted by Crippen LogP contribution is 2.33. The maximum absolute atomic E-state index is 12.2. The van der Waals surface area contributed by atoms with Crippen LogP contribution in [0.5, 0.6) is 11.5 Å². The lowest BCUT2D eigenvalue weighted by atomic mass is 10.1. The SMILES string of the molecule is O=C(N/N=C/c1ccc(-c2ccc([N+](=O)[O-])cc2Br)o1)c1ccc2c(c1)OCO2. The van der Waals surface area contributed by atoms with Gasteiger partial charge in [-0.05, 0) is 52.3 Å². The van der Waals surface area contributed by atoms with Crippen LogP contribution in [-0.4, -0.2) is 23.8 Å². The summed E-state index contributed by atoms with van der Waals surface area (Å²) in [6.07, 6.45) is 1.35. The number of furan rings is 1. The Bertz CT molecular complexity index is 1140. The lowest BCUT2D eigenvalue weighted by Crippen LogP contribution is -2.17. The van der Waals surface area contributed by atoms with Crippen molar-refractivity contribution < 1.29 is 23.6 Å². The Morgan fingerprint density at radius 3 is 2.76 bits per heavy atom. The smallest absolute Gasteiger partial charge is 0.271 e. The molecule has 0 radical (unpaired) electrons. The maximum Gasteiger partial charge on any atom is 0.271 e. The third-order valence-electron chi connectivity index (χ3n) is 4.05. The second-order valence-corrected chi connectivity index (χ2v) is 6.74. The first-order valence-electron chi connectivity index (χ1n) is 8.28. The van der Waals surface area contributed by atoms with Crippen LogP contribution < -0.4 is 14.9 Å². The molecule has 3 aromatic rings. The van der Waals surface area contributed by atoms with Gasteiger partial charge < -0.3 is 13.9 Å². The molecule has 9 nitrogen and oxygen atoms in total. The highest BCUT2D eigenvalue weighted by molar-refractivity contribution is 9.10. The van der Waals surface area contributed by atoms with Crippen molar-refractivity contribution in [2.75, 3.05) is 6.79 Å². The molecule has 1 amide bonds. The zero-order chi connectivity index (χ0) is 20.4. The van der Waals surface area contributed by atoms with Gasteiger partial charge in [0, 0.05) is 27.7 Å². The summed E-state index contributed by atoms with van der Waals surface area (Å²) in [7, 11) is 0. The number of carbonyl (C=O) groups is 1. The van der Waals surface area contributed by atoms with E-state index in [1.54, 1.807) is 36.4 Å². The molecule has 2 aromatic carbocycles. The normalized spacial score (nSPS) is 12.3. The number of nitro groups is 1. The second kappa shape index (κ2) is 7.76. The van der Waals surface area contributed by atoms with E-state index in [1.165, 1.54) is 18.3 Å². The van der Waals surface area contributed by atoms with Crippen molar-refractivity contribution in [2.24, 2.45) is 5.10 Å². The van der Waals surface area contributed by atoms with Crippen LogP contribution in [0.15, 0.2) is 62.5 Å². The van der Waals surface area contributed by atoms with Gasteiger partial charge in [0.25, 0.3) is 11.6 Å². The number of hydrazone groups is 1. The number of ether oxygens (including phenoxy) is 2. The Kier molecular flexibility index (Phi) is 5.00. The fraction of sp³-hybridized carbons (Fsp3) is 0.0526. The number of halogens is 1. The maximum atomic E-state index is 12.2. The van der Waals surface area contributed by atoms with E-state index in [9.17, 15) is 14.9 Å². The Morgan fingerprint density at radius 1 is 1.14 bits per heavy atom. The first kappa shape index (κ1) is 18.7. The summed E-state index contributed by atoms with van der Waals surface area (Å²) in [5.41, 5.74) is 3.41. The molecule has 1 aliphatic heterocycles. The van der Waals surface area contributed by atoms with Crippen molar-refractivity contribution in [1.82, 2.24) is 5.43 Å². The fourth-order valence-electron chi connectivity index (χ4n) is 2.64. The lowest BCUT2D eigenvalue weighted by Gasteiger charge is -2.01. The van der Waals surface area contributed by atoms with Gasteiger partial charge in [-0.1, -0.05) is 0 Å². The van der Waals surface area contributed by atoms with Gasteiger partial charge in [-0.2, -0.15) is 5.10 Å². The molecule has 0 aliphatic carbocycles. The van der Waals surface area contributed by atoms with Crippen LogP contribution in [0.25, 0.3) is 11.3 Å². The number of hydrogen-bond donors (Lipinski definition) is 1. The van der Waals surface area contributed by atoms with E-state index in [0.29, 0.717) is 38.6 Å². The Balaban J connectivity index is 1.43. The predicted molar refractivity (Wildman–Crippen MR) is 106 cm³/mol. The molecule has 1 aromatic heterocycles. The number of nitrogens with zero attached hydrogens (tertiary/aromatic N) is 2. The lowest BCUT2D eigenvalue weighted by molar-refractivity contribution is -0.384. The molecule has 2 heterocycles. The van der Waals surface area contributed by atoms with Gasteiger partial charge in [-0.3, -0.25) is 14.9 Å². The van der Waals surface area contributed by atoms with Crippen molar-refractivity contribution in [3.05, 3.63) is 74.4 Å². The average molecular weight is 458 g/mol. The van der Waals surface area contributed by atoms with Crippen LogP contribution in [0.4, 0.5) is 5.69 Å². The number of nitrogens with one attached hydrogen (secondary N) is 1. The standard InChI is InChI=1S/C19H12BrN3O6/c20-15-8-12(23(25)26)2-4-14(15)16-6-3-13(29-16)9-21-22-19(24)11-1-5-17-18(7-11)28-10-27-17/h1-9H,10H2,(H,22,24)/b21-9+. The third-order valence-corrected chi connectivity index (χ3v) is 4.70. The minimum atomic E-state index is -0.475. The van der Waals surface area contributed by atoms with Crippen molar-refractivity contribution in [2.45, 2.75) is 0 Å². The van der Waals surface area contributed by atoms with Crippen LogP contribution in [0, 0.1) is 10.1 Å².